The summed E-state index contributed by atoms with van der Waals surface area (Å²) < 4.78 is 16.6. The van der Waals surface area contributed by atoms with Gasteiger partial charge in [-0.2, -0.15) is 0 Å². The first-order chi connectivity index (χ1) is 16.4. The minimum absolute atomic E-state index is 0.131. The van der Waals surface area contributed by atoms with E-state index in [2.05, 4.69) is 48.5 Å². The summed E-state index contributed by atoms with van der Waals surface area (Å²) in [6, 6.07) is 27.1. The number of ether oxygens (including phenoxy) is 3. The van der Waals surface area contributed by atoms with Gasteiger partial charge in [0.15, 0.2) is 0 Å². The first-order valence-electron chi connectivity index (χ1n) is 12.0. The monoisotopic (exact) mass is 460 g/mol. The quantitative estimate of drug-likeness (QED) is 0.173. The molecular formula is C30H36O4. The predicted octanol–water partition coefficient (Wildman–Crippen LogP) is 7.16. The summed E-state index contributed by atoms with van der Waals surface area (Å²) in [5.41, 5.74) is 3.25. The second-order valence-corrected chi connectivity index (χ2v) is 9.43. The fourth-order valence-corrected chi connectivity index (χ4v) is 3.91. The van der Waals surface area contributed by atoms with Crippen LogP contribution in [0.15, 0.2) is 78.9 Å². The Hall–Kier alpha value is -3.27. The number of carbonyl (C=O) groups is 1. The van der Waals surface area contributed by atoms with Gasteiger partial charge in [0.25, 0.3) is 0 Å². The average Bonchev–Trinajstić information content (AvgIpc) is 2.82. The van der Waals surface area contributed by atoms with Crippen LogP contribution in [0.2, 0.25) is 0 Å². The second kappa shape index (κ2) is 12.3. The number of hydrogen-bond acceptors (Lipinski definition) is 4. The average molecular weight is 461 g/mol. The van der Waals surface area contributed by atoms with Crippen LogP contribution < -0.4 is 9.47 Å². The van der Waals surface area contributed by atoms with Crippen LogP contribution >= 0.6 is 0 Å². The van der Waals surface area contributed by atoms with Crippen LogP contribution in [0.3, 0.4) is 0 Å². The van der Waals surface area contributed by atoms with Gasteiger partial charge in [-0.25, -0.2) is 0 Å². The molecule has 0 saturated carbocycles. The van der Waals surface area contributed by atoms with E-state index < -0.39 is 5.60 Å². The lowest BCUT2D eigenvalue weighted by atomic mass is 9.85. The van der Waals surface area contributed by atoms with E-state index in [4.69, 9.17) is 14.2 Å². The van der Waals surface area contributed by atoms with Crippen LogP contribution in [-0.4, -0.2) is 25.3 Å². The zero-order chi connectivity index (χ0) is 24.4. The van der Waals surface area contributed by atoms with Gasteiger partial charge < -0.3 is 14.2 Å². The standard InChI is InChI=1S/C30H36O4/c1-30(2,3)34-28(31)13-9-6-10-22-33-27-20-16-25(17-21-27)29(23-11-7-5-8-12-23)24-14-18-26(32-4)19-15-24/h5,7-8,11-12,14-21,29H,6,9-10,13,22H2,1-4H3. The Kier molecular flexibility index (Phi) is 9.15. The third-order valence-corrected chi connectivity index (χ3v) is 5.51. The Bertz CT molecular complexity index is 1000. The number of methoxy groups -OCH3 is 1. The van der Waals surface area contributed by atoms with Crippen LogP contribution in [-0.2, 0) is 9.53 Å². The highest BCUT2D eigenvalue weighted by molar-refractivity contribution is 5.69. The molecule has 0 aliphatic rings. The van der Waals surface area contributed by atoms with Crippen molar-refractivity contribution < 1.29 is 19.0 Å². The smallest absolute Gasteiger partial charge is 0.306 e. The van der Waals surface area contributed by atoms with E-state index in [-0.39, 0.29) is 11.9 Å². The van der Waals surface area contributed by atoms with Crippen LogP contribution in [0.25, 0.3) is 0 Å². The fraction of sp³-hybridized carbons (Fsp3) is 0.367. The van der Waals surface area contributed by atoms with Gasteiger partial charge in [0.1, 0.15) is 17.1 Å². The summed E-state index contributed by atoms with van der Waals surface area (Å²) >= 11 is 0. The first kappa shape index (κ1) is 25.4. The molecule has 3 aromatic rings. The number of hydrogen-bond donors (Lipinski definition) is 0. The van der Waals surface area contributed by atoms with E-state index in [1.165, 1.54) is 16.7 Å². The molecule has 3 aromatic carbocycles. The zero-order valence-electron chi connectivity index (χ0n) is 20.8. The molecule has 4 heteroatoms. The molecule has 0 N–H and O–H groups in total. The largest absolute Gasteiger partial charge is 0.497 e. The lowest BCUT2D eigenvalue weighted by Crippen LogP contribution is -2.23. The molecule has 0 fully saturated rings. The topological polar surface area (TPSA) is 44.8 Å². The Morgan fingerprint density at radius 1 is 0.735 bits per heavy atom. The van der Waals surface area contributed by atoms with E-state index in [1.54, 1.807) is 7.11 Å². The number of benzene rings is 3. The van der Waals surface area contributed by atoms with Gasteiger partial charge in [0, 0.05) is 12.3 Å². The predicted molar refractivity (Wildman–Crippen MR) is 137 cm³/mol. The van der Waals surface area contributed by atoms with E-state index in [0.717, 1.165) is 30.8 Å². The molecular weight excluding hydrogens is 424 g/mol. The Labute approximate surface area is 203 Å². The Balaban J connectivity index is 1.55. The molecule has 180 valence electrons. The summed E-state index contributed by atoms with van der Waals surface area (Å²) in [5, 5.41) is 0. The summed E-state index contributed by atoms with van der Waals surface area (Å²) in [6.45, 7) is 6.31. The molecule has 0 aromatic heterocycles. The third-order valence-electron chi connectivity index (χ3n) is 5.51. The maximum Gasteiger partial charge on any atom is 0.306 e. The van der Waals surface area contributed by atoms with Crippen molar-refractivity contribution in [1.82, 2.24) is 0 Å². The molecule has 1 atom stereocenters. The number of carbonyl (C=O) groups excluding carboxylic acids is 1. The highest BCUT2D eigenvalue weighted by Gasteiger charge is 2.17. The van der Waals surface area contributed by atoms with Gasteiger partial charge in [-0.1, -0.05) is 54.6 Å². The van der Waals surface area contributed by atoms with Gasteiger partial charge in [-0.15, -0.1) is 0 Å². The molecule has 0 aliphatic heterocycles. The summed E-state index contributed by atoms with van der Waals surface area (Å²) in [6.07, 6.45) is 3.12. The number of esters is 1. The van der Waals surface area contributed by atoms with Crippen molar-refractivity contribution in [2.75, 3.05) is 13.7 Å². The SMILES string of the molecule is COc1ccc(C(c2ccccc2)c2ccc(OCCCCCC(=O)OC(C)(C)C)cc2)cc1. The van der Waals surface area contributed by atoms with Gasteiger partial charge in [-0.3, -0.25) is 4.79 Å². The highest BCUT2D eigenvalue weighted by atomic mass is 16.6. The van der Waals surface area contributed by atoms with Crippen molar-refractivity contribution in [1.29, 1.82) is 0 Å². The second-order valence-electron chi connectivity index (χ2n) is 9.43. The molecule has 0 heterocycles. The summed E-state index contributed by atoms with van der Waals surface area (Å²) in [7, 11) is 1.68. The van der Waals surface area contributed by atoms with Crippen LogP contribution in [0.5, 0.6) is 11.5 Å². The lowest BCUT2D eigenvalue weighted by Gasteiger charge is -2.20. The zero-order valence-corrected chi connectivity index (χ0v) is 20.8. The van der Waals surface area contributed by atoms with Crippen LogP contribution in [0.1, 0.15) is 69.1 Å². The maximum absolute atomic E-state index is 11.8. The van der Waals surface area contributed by atoms with E-state index in [1.807, 2.05) is 51.1 Å². The summed E-state index contributed by atoms with van der Waals surface area (Å²) in [5.74, 6) is 1.71. The number of rotatable bonds is 11. The Morgan fingerprint density at radius 2 is 1.29 bits per heavy atom. The highest BCUT2D eigenvalue weighted by Crippen LogP contribution is 2.33. The molecule has 0 radical (unpaired) electrons. The lowest BCUT2D eigenvalue weighted by molar-refractivity contribution is -0.154. The van der Waals surface area contributed by atoms with Gasteiger partial charge >= 0.3 is 5.97 Å². The molecule has 34 heavy (non-hydrogen) atoms. The molecule has 1 unspecified atom stereocenters. The van der Waals surface area contributed by atoms with Gasteiger partial charge in [0.2, 0.25) is 0 Å². The molecule has 3 rings (SSSR count). The Morgan fingerprint density at radius 3 is 1.85 bits per heavy atom. The van der Waals surface area contributed by atoms with E-state index >= 15 is 0 Å². The minimum atomic E-state index is -0.417. The molecule has 4 nitrogen and oxygen atoms in total. The maximum atomic E-state index is 11.8. The van der Waals surface area contributed by atoms with Crippen LogP contribution in [0, 0.1) is 0 Å². The molecule has 0 amide bonds. The van der Waals surface area contributed by atoms with Crippen molar-refractivity contribution >= 4 is 5.97 Å². The van der Waals surface area contributed by atoms with Crippen LogP contribution in [0.4, 0.5) is 0 Å². The molecule has 0 bridgehead atoms. The number of unbranched alkanes of at least 4 members (excludes halogenated alkanes) is 2. The fourth-order valence-electron chi connectivity index (χ4n) is 3.91. The van der Waals surface area contributed by atoms with Gasteiger partial charge in [-0.05, 0) is 81.0 Å². The van der Waals surface area contributed by atoms with Gasteiger partial charge in [0.05, 0.1) is 13.7 Å². The normalized spacial score (nSPS) is 12.1. The molecule has 0 spiro atoms. The molecule has 0 saturated heterocycles. The van der Waals surface area contributed by atoms with Crippen molar-refractivity contribution in [3.8, 4) is 11.5 Å². The van der Waals surface area contributed by atoms with E-state index in [9.17, 15) is 4.79 Å². The first-order valence-corrected chi connectivity index (χ1v) is 12.0. The summed E-state index contributed by atoms with van der Waals surface area (Å²) in [4.78, 5) is 11.8. The van der Waals surface area contributed by atoms with Crippen molar-refractivity contribution in [3.63, 3.8) is 0 Å². The minimum Gasteiger partial charge on any atom is -0.497 e. The van der Waals surface area contributed by atoms with Crippen molar-refractivity contribution in [2.45, 2.75) is 58.0 Å². The third kappa shape index (κ3) is 7.95. The van der Waals surface area contributed by atoms with Crippen molar-refractivity contribution in [3.05, 3.63) is 95.6 Å². The van der Waals surface area contributed by atoms with Crippen molar-refractivity contribution in [2.24, 2.45) is 0 Å². The molecule has 0 aliphatic carbocycles. The van der Waals surface area contributed by atoms with E-state index in [0.29, 0.717) is 13.0 Å².